The van der Waals surface area contributed by atoms with Crippen molar-refractivity contribution in [2.45, 2.75) is 88.9 Å². The first kappa shape index (κ1) is 34.2. The Morgan fingerprint density at radius 3 is 1.77 bits per heavy atom. The van der Waals surface area contributed by atoms with Crippen LogP contribution in [0.3, 0.4) is 0 Å². The largest absolute Gasteiger partial charge is 0.456 e. The Labute approximate surface area is 333 Å². The zero-order chi connectivity index (χ0) is 37.8. The lowest BCUT2D eigenvalue weighted by molar-refractivity contribution is -0.0451. The van der Waals surface area contributed by atoms with E-state index in [1.807, 2.05) is 0 Å². The molecule has 2 heteroatoms. The first-order valence-corrected chi connectivity index (χ1v) is 21.3. The number of hydrogen-bond acceptors (Lipinski definition) is 2. The maximum Gasteiger partial charge on any atom is 0.141 e. The van der Waals surface area contributed by atoms with Gasteiger partial charge in [0, 0.05) is 27.8 Å². The van der Waals surface area contributed by atoms with E-state index in [-0.39, 0.29) is 16.2 Å². The number of anilines is 3. The third kappa shape index (κ3) is 5.00. The number of hydrogen-bond donors (Lipinski definition) is 0. The Bertz CT molecular complexity index is 2430. The molecule has 0 atom stereocenters. The lowest BCUT2D eigenvalue weighted by atomic mass is 9.41. The van der Waals surface area contributed by atoms with Gasteiger partial charge in [0.15, 0.2) is 0 Å². The van der Waals surface area contributed by atoms with Crippen LogP contribution in [-0.4, -0.2) is 0 Å². The van der Waals surface area contributed by atoms with E-state index in [4.69, 9.17) is 4.74 Å². The topological polar surface area (TPSA) is 12.5 Å². The molecule has 4 saturated carbocycles. The molecule has 0 aromatic heterocycles. The Morgan fingerprint density at radius 2 is 1.07 bits per heavy atom. The molecule has 280 valence electrons. The molecule has 1 spiro atoms. The Kier molecular flexibility index (Phi) is 7.61. The van der Waals surface area contributed by atoms with E-state index in [1.165, 1.54) is 94.4 Å². The number of nitrogens with zero attached hydrogens (tertiary/aromatic N) is 1. The summed E-state index contributed by atoms with van der Waals surface area (Å²) in [6.07, 6.45) is 9.11. The molecule has 2 nitrogen and oxygen atoms in total. The average Bonchev–Trinajstić information content (AvgIpc) is 3.22. The molecule has 0 amide bonds. The van der Waals surface area contributed by atoms with Crippen LogP contribution in [0, 0.1) is 23.7 Å². The van der Waals surface area contributed by atoms with E-state index >= 15 is 0 Å². The molecule has 0 radical (unpaired) electrons. The fraction of sp³-hybridized carbons (Fsp3) is 0.333. The maximum atomic E-state index is 7.39. The summed E-state index contributed by atoms with van der Waals surface area (Å²) in [6.45, 7) is 9.80. The number of benzene rings is 6. The molecular formula is C54H53NO. The quantitative estimate of drug-likeness (QED) is 0.175. The van der Waals surface area contributed by atoms with Crippen molar-refractivity contribution in [1.29, 1.82) is 0 Å². The summed E-state index contributed by atoms with van der Waals surface area (Å²) in [6, 6.07) is 52.4. The minimum atomic E-state index is -0.0280. The first-order valence-electron chi connectivity index (χ1n) is 21.3. The van der Waals surface area contributed by atoms with Gasteiger partial charge in [-0.3, -0.25) is 0 Å². The normalized spacial score (nSPS) is 25.9. The molecule has 4 fully saturated rings. The predicted molar refractivity (Wildman–Crippen MR) is 232 cm³/mol. The zero-order valence-electron chi connectivity index (χ0n) is 33.4. The first-order chi connectivity index (χ1) is 27.2. The second-order valence-electron chi connectivity index (χ2n) is 19.2. The van der Waals surface area contributed by atoms with Crippen LogP contribution >= 0.6 is 0 Å². The molecule has 1 aliphatic heterocycles. The smallest absolute Gasteiger partial charge is 0.141 e. The molecule has 0 unspecified atom stereocenters. The number of para-hydroxylation sites is 1. The van der Waals surface area contributed by atoms with Gasteiger partial charge in [0.05, 0.1) is 11.4 Å². The van der Waals surface area contributed by atoms with E-state index in [0.29, 0.717) is 11.8 Å². The molecule has 5 aliphatic carbocycles. The highest BCUT2D eigenvalue weighted by atomic mass is 16.5. The van der Waals surface area contributed by atoms with Crippen LogP contribution in [0.4, 0.5) is 17.1 Å². The van der Waals surface area contributed by atoms with Gasteiger partial charge in [0.25, 0.3) is 0 Å². The van der Waals surface area contributed by atoms with E-state index in [0.717, 1.165) is 35.4 Å². The SMILES string of the molecule is CC1(C)CCC(C)(C)c2c(N(c3ccc(-c4ccccc4)cc3)c3ccc4c(c3-c3ccccc3)Oc3ccccc3C43C4CC5CC(C4)CC3C5)cccc21. The van der Waals surface area contributed by atoms with Crippen LogP contribution in [0.2, 0.25) is 0 Å². The van der Waals surface area contributed by atoms with E-state index in [9.17, 15) is 0 Å². The van der Waals surface area contributed by atoms with Gasteiger partial charge in [0.1, 0.15) is 11.5 Å². The summed E-state index contributed by atoms with van der Waals surface area (Å²) in [5.41, 5.74) is 14.3. The van der Waals surface area contributed by atoms with Crippen LogP contribution in [0.15, 0.2) is 140 Å². The summed E-state index contributed by atoms with van der Waals surface area (Å²) in [5.74, 6) is 5.16. The molecule has 12 rings (SSSR count). The molecule has 1 heterocycles. The molecule has 6 aromatic rings. The van der Waals surface area contributed by atoms with Crippen LogP contribution in [0.5, 0.6) is 11.5 Å². The lowest BCUT2D eigenvalue weighted by Crippen LogP contribution is -2.57. The molecule has 6 aromatic carbocycles. The minimum Gasteiger partial charge on any atom is -0.456 e. The Morgan fingerprint density at radius 1 is 0.482 bits per heavy atom. The zero-order valence-corrected chi connectivity index (χ0v) is 33.4. The average molecular weight is 732 g/mol. The van der Waals surface area contributed by atoms with Gasteiger partial charge in [0.2, 0.25) is 0 Å². The second kappa shape index (κ2) is 12.5. The molecule has 56 heavy (non-hydrogen) atoms. The lowest BCUT2D eigenvalue weighted by Gasteiger charge is -2.63. The maximum absolute atomic E-state index is 7.39. The summed E-state index contributed by atoms with van der Waals surface area (Å²) < 4.78 is 7.39. The van der Waals surface area contributed by atoms with Gasteiger partial charge in [-0.25, -0.2) is 0 Å². The third-order valence-electron chi connectivity index (χ3n) is 15.2. The van der Waals surface area contributed by atoms with Gasteiger partial charge < -0.3 is 9.64 Å². The minimum absolute atomic E-state index is 0.00464. The summed E-state index contributed by atoms with van der Waals surface area (Å²) >= 11 is 0. The van der Waals surface area contributed by atoms with Crippen molar-refractivity contribution in [1.82, 2.24) is 0 Å². The van der Waals surface area contributed by atoms with Crippen molar-refractivity contribution >= 4 is 17.1 Å². The van der Waals surface area contributed by atoms with E-state index in [2.05, 4.69) is 172 Å². The highest BCUT2D eigenvalue weighted by molar-refractivity contribution is 5.94. The van der Waals surface area contributed by atoms with Gasteiger partial charge in [-0.05, 0) is 138 Å². The van der Waals surface area contributed by atoms with E-state index in [1.54, 1.807) is 0 Å². The summed E-state index contributed by atoms with van der Waals surface area (Å²) in [7, 11) is 0. The van der Waals surface area contributed by atoms with Crippen molar-refractivity contribution in [2.24, 2.45) is 23.7 Å². The fourth-order valence-corrected chi connectivity index (χ4v) is 12.8. The predicted octanol–water partition coefficient (Wildman–Crippen LogP) is 14.7. The van der Waals surface area contributed by atoms with Gasteiger partial charge in [-0.1, -0.05) is 137 Å². The fourth-order valence-electron chi connectivity index (χ4n) is 12.8. The third-order valence-corrected chi connectivity index (χ3v) is 15.2. The molecule has 6 aliphatic rings. The van der Waals surface area contributed by atoms with Crippen LogP contribution in [0.1, 0.15) is 94.9 Å². The molecular weight excluding hydrogens is 679 g/mol. The number of fused-ring (bicyclic) bond motifs is 3. The summed E-state index contributed by atoms with van der Waals surface area (Å²) in [4.78, 5) is 2.59. The molecule has 0 saturated heterocycles. The van der Waals surface area contributed by atoms with Crippen molar-refractivity contribution < 1.29 is 4.74 Å². The Balaban J connectivity index is 1.20. The van der Waals surface area contributed by atoms with Crippen LogP contribution < -0.4 is 9.64 Å². The van der Waals surface area contributed by atoms with Gasteiger partial charge >= 0.3 is 0 Å². The highest BCUT2D eigenvalue weighted by Gasteiger charge is 2.61. The number of rotatable bonds is 5. The Hall–Kier alpha value is -5.08. The number of ether oxygens (including phenoxy) is 1. The van der Waals surface area contributed by atoms with E-state index < -0.39 is 0 Å². The van der Waals surface area contributed by atoms with Crippen LogP contribution in [0.25, 0.3) is 22.3 Å². The van der Waals surface area contributed by atoms with Crippen molar-refractivity contribution in [3.8, 4) is 33.8 Å². The molecule has 4 bridgehead atoms. The van der Waals surface area contributed by atoms with Crippen molar-refractivity contribution in [3.63, 3.8) is 0 Å². The van der Waals surface area contributed by atoms with Crippen molar-refractivity contribution in [2.75, 3.05) is 4.90 Å². The van der Waals surface area contributed by atoms with Gasteiger partial charge in [-0.2, -0.15) is 0 Å². The molecule has 0 N–H and O–H groups in total. The summed E-state index contributed by atoms with van der Waals surface area (Å²) in [5, 5.41) is 0. The van der Waals surface area contributed by atoms with Gasteiger partial charge in [-0.15, -0.1) is 0 Å². The van der Waals surface area contributed by atoms with Crippen molar-refractivity contribution in [3.05, 3.63) is 162 Å². The standard InChI is InChI=1S/C54H53NO/c1-52(2)28-29-53(3,4)50-44(52)19-13-20-47(50)55(42-24-22-38(23-25-42)37-14-7-5-8-15-37)46-27-26-45-51(49(46)39-16-9-6-10-17-39)56-48-21-12-11-18-43(48)54(45)40-31-35-30-36(33-40)34-41(54)32-35/h5-27,35-36,40-41H,28-34H2,1-4H3. The second-order valence-corrected chi connectivity index (χ2v) is 19.2. The highest BCUT2D eigenvalue weighted by Crippen LogP contribution is 2.70. The monoisotopic (exact) mass is 731 g/mol. The van der Waals surface area contributed by atoms with Crippen LogP contribution in [-0.2, 0) is 16.2 Å².